The number of hydrogen-bond acceptors (Lipinski definition) is 6. The van der Waals surface area contributed by atoms with Gasteiger partial charge in [-0.05, 0) is 105 Å². The van der Waals surface area contributed by atoms with E-state index < -0.39 is 21.9 Å². The molecule has 8 atom stereocenters. The van der Waals surface area contributed by atoms with E-state index in [1.165, 1.54) is 16.7 Å². The van der Waals surface area contributed by atoms with Gasteiger partial charge in [0.25, 0.3) is 5.91 Å². The van der Waals surface area contributed by atoms with Crippen LogP contribution in [0.25, 0.3) is 0 Å². The molecular formula is C38H50N4O5S. The number of allylic oxidation sites excluding steroid dienone is 1. The third kappa shape index (κ3) is 6.75. The van der Waals surface area contributed by atoms with Gasteiger partial charge in [-0.25, -0.2) is 9.00 Å². The number of ether oxygens (including phenoxy) is 2. The summed E-state index contributed by atoms with van der Waals surface area (Å²) in [6.07, 6.45) is 11.2. The lowest BCUT2D eigenvalue weighted by molar-refractivity contribution is 0.0131. The fourth-order valence-electron chi connectivity index (χ4n) is 8.39. The van der Waals surface area contributed by atoms with Gasteiger partial charge in [0.2, 0.25) is 0 Å². The average molecular weight is 675 g/mol. The van der Waals surface area contributed by atoms with Gasteiger partial charge in [-0.15, -0.1) is 4.36 Å². The Hall–Kier alpha value is -3.37. The molecule has 0 aromatic heterocycles. The number of anilines is 1. The van der Waals surface area contributed by atoms with Gasteiger partial charge in [0.05, 0.1) is 24.2 Å². The molecule has 2 N–H and O–H groups in total. The van der Waals surface area contributed by atoms with Crippen molar-refractivity contribution in [3.05, 3.63) is 70.8 Å². The van der Waals surface area contributed by atoms with Crippen molar-refractivity contribution in [2.75, 3.05) is 37.5 Å². The van der Waals surface area contributed by atoms with Crippen molar-refractivity contribution in [2.45, 2.75) is 83.3 Å². The predicted molar refractivity (Wildman–Crippen MR) is 189 cm³/mol. The Morgan fingerprint density at radius 2 is 2.00 bits per heavy atom. The standard InChI is InChI=1S/C38H50N4O5S/c1-24-10-14-31-27(17-24)8-6-16-38(31)22-42-20-29-11-13-30(29)34(46-4)9-5-7-25(2)21-48(45,41-37(44)39-32-18-26(32)3)40-36(43)28-12-15-35(47-23-38)33(42)19-28/h5,9-10,12,14-15,17,19,25-26,29-30,32,34H,6-8,11,13,16,18,20-23H2,1-4H3,(H2,39,40,41,43,44,45)/b9-5+/t25-,26-,29-,30+,32+,34-,38-,48?/m0/s1. The van der Waals surface area contributed by atoms with E-state index in [2.05, 4.69) is 63.5 Å². The minimum Gasteiger partial charge on any atom is -0.490 e. The highest BCUT2D eigenvalue weighted by Crippen LogP contribution is 2.47. The number of aryl methyl sites for hydroxylation is 2. The number of carbonyl (C=O) groups is 2. The molecular weight excluding hydrogens is 625 g/mol. The second-order valence-electron chi connectivity index (χ2n) is 15.2. The van der Waals surface area contributed by atoms with Crippen LogP contribution in [-0.2, 0) is 26.5 Å². The van der Waals surface area contributed by atoms with Crippen LogP contribution in [0.1, 0.15) is 79.4 Å². The van der Waals surface area contributed by atoms with E-state index in [1.807, 2.05) is 19.1 Å². The van der Waals surface area contributed by atoms with E-state index in [0.717, 1.165) is 63.1 Å². The summed E-state index contributed by atoms with van der Waals surface area (Å²) < 4.78 is 33.9. The zero-order valence-corrected chi connectivity index (χ0v) is 29.5. The number of fused-ring (bicyclic) bond motifs is 4. The molecule has 3 aliphatic carbocycles. The molecule has 1 unspecified atom stereocenters. The first kappa shape index (κ1) is 33.1. The smallest absolute Gasteiger partial charge is 0.327 e. The van der Waals surface area contributed by atoms with E-state index in [0.29, 0.717) is 36.3 Å². The summed E-state index contributed by atoms with van der Waals surface area (Å²) in [6, 6.07) is 11.8. The lowest BCUT2D eigenvalue weighted by Gasteiger charge is -2.46. The maximum absolute atomic E-state index is 14.3. The summed E-state index contributed by atoms with van der Waals surface area (Å²) in [5.74, 6) is 1.29. The van der Waals surface area contributed by atoms with Crippen LogP contribution >= 0.6 is 0 Å². The number of urea groups is 1. The number of amides is 3. The molecule has 2 aliphatic heterocycles. The van der Waals surface area contributed by atoms with Crippen molar-refractivity contribution in [2.24, 2.45) is 28.0 Å². The minimum atomic E-state index is -3.42. The van der Waals surface area contributed by atoms with Crippen LogP contribution in [0.4, 0.5) is 10.5 Å². The first-order valence-corrected chi connectivity index (χ1v) is 19.4. The van der Waals surface area contributed by atoms with Gasteiger partial charge in [0.1, 0.15) is 15.7 Å². The Morgan fingerprint density at radius 3 is 2.75 bits per heavy atom. The second-order valence-corrected chi connectivity index (χ2v) is 17.2. The molecule has 48 heavy (non-hydrogen) atoms. The molecule has 2 saturated carbocycles. The molecule has 0 saturated heterocycles. The highest BCUT2D eigenvalue weighted by atomic mass is 32.2. The van der Waals surface area contributed by atoms with Crippen molar-refractivity contribution in [3.8, 4) is 5.75 Å². The molecule has 258 valence electrons. The molecule has 2 fully saturated rings. The molecule has 0 radical (unpaired) electrons. The molecule has 2 bridgehead atoms. The van der Waals surface area contributed by atoms with Crippen LogP contribution < -0.4 is 19.7 Å². The fourth-order valence-corrected chi connectivity index (χ4v) is 10.2. The highest BCUT2D eigenvalue weighted by molar-refractivity contribution is 7.92. The molecule has 2 aromatic carbocycles. The lowest BCUT2D eigenvalue weighted by atomic mass is 9.68. The van der Waals surface area contributed by atoms with E-state index >= 15 is 0 Å². The summed E-state index contributed by atoms with van der Waals surface area (Å²) in [4.78, 5) is 29.2. The molecule has 7 rings (SSSR count). The molecule has 2 aromatic rings. The molecule has 9 nitrogen and oxygen atoms in total. The van der Waals surface area contributed by atoms with Crippen LogP contribution in [0.5, 0.6) is 5.75 Å². The second kappa shape index (κ2) is 13.2. The van der Waals surface area contributed by atoms with E-state index in [-0.39, 0.29) is 29.2 Å². The first-order chi connectivity index (χ1) is 23.0. The fraction of sp³-hybridized carbons (Fsp3) is 0.579. The molecule has 10 heteroatoms. The highest BCUT2D eigenvalue weighted by Gasteiger charge is 2.44. The van der Waals surface area contributed by atoms with Crippen molar-refractivity contribution < 1.29 is 23.3 Å². The normalized spacial score (nSPS) is 35.1. The number of nitrogens with zero attached hydrogens (tertiary/aromatic N) is 2. The average Bonchev–Trinajstić information content (AvgIpc) is 3.75. The van der Waals surface area contributed by atoms with Gasteiger partial charge in [-0.3, -0.25) is 9.52 Å². The third-order valence-electron chi connectivity index (χ3n) is 11.4. The Labute approximate surface area is 285 Å². The van der Waals surface area contributed by atoms with Gasteiger partial charge in [0.15, 0.2) is 0 Å². The van der Waals surface area contributed by atoms with Crippen molar-refractivity contribution in [1.29, 1.82) is 0 Å². The number of nitrogens with one attached hydrogen (secondary N) is 2. The third-order valence-corrected chi connectivity index (χ3v) is 13.4. The van der Waals surface area contributed by atoms with E-state index in [4.69, 9.17) is 9.47 Å². The van der Waals surface area contributed by atoms with Gasteiger partial charge in [0, 0.05) is 37.2 Å². The lowest BCUT2D eigenvalue weighted by Crippen LogP contribution is -2.49. The summed E-state index contributed by atoms with van der Waals surface area (Å²) >= 11 is 0. The van der Waals surface area contributed by atoms with E-state index in [1.54, 1.807) is 13.2 Å². The largest absolute Gasteiger partial charge is 0.490 e. The summed E-state index contributed by atoms with van der Waals surface area (Å²) in [5, 5.41) is 2.88. The van der Waals surface area contributed by atoms with Crippen LogP contribution in [0.2, 0.25) is 0 Å². The van der Waals surface area contributed by atoms with Gasteiger partial charge in [-0.2, -0.15) is 0 Å². The molecule has 3 amide bonds. The summed E-state index contributed by atoms with van der Waals surface area (Å²) in [5.41, 5.74) is 5.06. The molecule has 2 heterocycles. The number of hydrogen-bond donors (Lipinski definition) is 2. The van der Waals surface area contributed by atoms with Crippen molar-refractivity contribution in [3.63, 3.8) is 0 Å². The number of carbonyl (C=O) groups excluding carboxylic acids is 2. The van der Waals surface area contributed by atoms with Crippen LogP contribution in [0.15, 0.2) is 52.9 Å². The zero-order chi connectivity index (χ0) is 33.6. The Morgan fingerprint density at radius 1 is 1.17 bits per heavy atom. The summed E-state index contributed by atoms with van der Waals surface area (Å²) in [6.45, 7) is 8.34. The van der Waals surface area contributed by atoms with Crippen LogP contribution in [0.3, 0.4) is 0 Å². The Bertz CT molecular complexity index is 1730. The van der Waals surface area contributed by atoms with E-state index in [9.17, 15) is 13.8 Å². The first-order valence-electron chi connectivity index (χ1n) is 17.7. The predicted octanol–water partition coefficient (Wildman–Crippen LogP) is 6.34. The SMILES string of the molecule is CO[C@H]1/C=C/C[C@H](C)CS(=O)(NC(=O)N[C@@H]2C[C@@H]2C)=NC(=O)c2ccc3c(c2)N(C[C@@H]2CC[C@H]21)C[C@@]1(CCCc2cc(C)ccc21)CO3. The minimum absolute atomic E-state index is 0.0229. The van der Waals surface area contributed by atoms with Crippen LogP contribution in [-0.4, -0.2) is 60.9 Å². The number of benzene rings is 2. The number of rotatable bonds is 3. The number of methoxy groups -OCH3 is 1. The Balaban J connectivity index is 1.28. The zero-order valence-electron chi connectivity index (χ0n) is 28.7. The van der Waals surface area contributed by atoms with Crippen molar-refractivity contribution >= 4 is 27.5 Å². The van der Waals surface area contributed by atoms with Gasteiger partial charge < -0.3 is 19.7 Å². The quantitative estimate of drug-likeness (QED) is 0.368. The molecule has 5 aliphatic rings. The Kier molecular flexibility index (Phi) is 9.08. The monoisotopic (exact) mass is 674 g/mol. The maximum atomic E-state index is 14.3. The maximum Gasteiger partial charge on any atom is 0.327 e. The van der Waals surface area contributed by atoms with Gasteiger partial charge in [-0.1, -0.05) is 49.8 Å². The topological polar surface area (TPSA) is 109 Å². The van der Waals surface area contributed by atoms with Gasteiger partial charge >= 0.3 is 6.03 Å². The molecule has 1 spiro atoms. The van der Waals surface area contributed by atoms with Crippen molar-refractivity contribution in [1.82, 2.24) is 10.0 Å². The summed E-state index contributed by atoms with van der Waals surface area (Å²) in [7, 11) is -1.64. The van der Waals surface area contributed by atoms with Crippen LogP contribution in [0, 0.1) is 30.6 Å².